The fraction of sp³-hybridized carbons (Fsp3) is 0.176. The number of pyridine rings is 1. The standard InChI is InChI=1S/C17H15ClF3N5OS/c1-8-17(28(2,22)27)26-16(24-8)14(9-3-4-12(20)11(18)5-9)25-15-13(21)6-10(19)7-23-15/h3-7,14,22H,1-2H3,(H,23,25)(H,24,26). The monoisotopic (exact) mass is 429 g/mol. The number of rotatable bonds is 5. The molecule has 0 saturated heterocycles. The highest BCUT2D eigenvalue weighted by atomic mass is 35.5. The number of aromatic amines is 1. The first-order valence-corrected chi connectivity index (χ1v) is 10.2. The number of halogens is 4. The number of nitrogens with one attached hydrogen (secondary N) is 3. The Labute approximate surface area is 164 Å². The van der Waals surface area contributed by atoms with E-state index in [1.165, 1.54) is 18.4 Å². The highest BCUT2D eigenvalue weighted by molar-refractivity contribution is 7.91. The number of nitrogens with zero attached hydrogens (tertiary/aromatic N) is 2. The lowest BCUT2D eigenvalue weighted by Crippen LogP contribution is -2.16. The number of hydrogen-bond acceptors (Lipinski definition) is 5. The summed E-state index contributed by atoms with van der Waals surface area (Å²) in [7, 11) is -3.13. The lowest BCUT2D eigenvalue weighted by molar-refractivity contribution is 0.574. The smallest absolute Gasteiger partial charge is 0.168 e. The Morgan fingerprint density at radius 3 is 2.54 bits per heavy atom. The molecule has 2 heterocycles. The van der Waals surface area contributed by atoms with Crippen molar-refractivity contribution < 1.29 is 17.4 Å². The van der Waals surface area contributed by atoms with Crippen LogP contribution in [-0.2, 0) is 9.73 Å². The van der Waals surface area contributed by atoms with E-state index in [0.717, 1.165) is 12.3 Å². The van der Waals surface area contributed by atoms with E-state index in [1.54, 1.807) is 6.92 Å². The van der Waals surface area contributed by atoms with Crippen LogP contribution in [0.1, 0.15) is 23.1 Å². The molecule has 0 saturated carbocycles. The third kappa shape index (κ3) is 4.12. The number of aryl methyl sites for hydroxylation is 1. The molecule has 2 atom stereocenters. The molecule has 1 aromatic carbocycles. The van der Waals surface area contributed by atoms with E-state index >= 15 is 0 Å². The fourth-order valence-corrected chi connectivity index (χ4v) is 3.74. The molecular weight excluding hydrogens is 415 g/mol. The summed E-state index contributed by atoms with van der Waals surface area (Å²) in [5.74, 6) is -2.52. The van der Waals surface area contributed by atoms with Crippen molar-refractivity contribution in [1.82, 2.24) is 15.0 Å². The van der Waals surface area contributed by atoms with Crippen molar-refractivity contribution in [1.29, 1.82) is 4.78 Å². The molecule has 3 rings (SSSR count). The molecule has 3 N–H and O–H groups in total. The molecule has 0 fully saturated rings. The molecule has 2 unspecified atom stereocenters. The summed E-state index contributed by atoms with van der Waals surface area (Å²) in [6.07, 6.45) is 2.06. The van der Waals surface area contributed by atoms with Crippen molar-refractivity contribution in [2.75, 3.05) is 11.6 Å². The van der Waals surface area contributed by atoms with E-state index in [1.807, 2.05) is 0 Å². The number of hydrogen-bond donors (Lipinski definition) is 3. The highest BCUT2D eigenvalue weighted by Gasteiger charge is 2.24. The molecule has 28 heavy (non-hydrogen) atoms. The second-order valence-electron chi connectivity index (χ2n) is 6.13. The number of imidazole rings is 1. The number of benzene rings is 1. The molecule has 6 nitrogen and oxygen atoms in total. The first kappa shape index (κ1) is 20.2. The average Bonchev–Trinajstić information content (AvgIpc) is 2.99. The van der Waals surface area contributed by atoms with Gasteiger partial charge in [-0.15, -0.1) is 0 Å². The van der Waals surface area contributed by atoms with Crippen molar-refractivity contribution in [2.24, 2.45) is 0 Å². The van der Waals surface area contributed by atoms with E-state index in [9.17, 15) is 17.4 Å². The third-order valence-corrected chi connectivity index (χ3v) is 5.29. The average molecular weight is 430 g/mol. The number of anilines is 1. The maximum atomic E-state index is 14.1. The predicted molar refractivity (Wildman–Crippen MR) is 99.4 cm³/mol. The lowest BCUT2D eigenvalue weighted by Gasteiger charge is -2.18. The molecule has 0 aliphatic carbocycles. The second kappa shape index (κ2) is 7.44. The van der Waals surface area contributed by atoms with Crippen LogP contribution >= 0.6 is 11.6 Å². The highest BCUT2D eigenvalue weighted by Crippen LogP contribution is 2.29. The van der Waals surface area contributed by atoms with Crippen molar-refractivity contribution in [2.45, 2.75) is 18.0 Å². The number of aromatic nitrogens is 3. The molecule has 0 aliphatic rings. The zero-order valence-electron chi connectivity index (χ0n) is 14.7. The van der Waals surface area contributed by atoms with Crippen LogP contribution in [0.4, 0.5) is 19.0 Å². The van der Waals surface area contributed by atoms with E-state index in [4.69, 9.17) is 16.4 Å². The van der Waals surface area contributed by atoms with Gasteiger partial charge in [0.15, 0.2) is 16.7 Å². The van der Waals surface area contributed by atoms with Crippen LogP contribution in [0.5, 0.6) is 0 Å². The molecule has 0 amide bonds. The zero-order chi connectivity index (χ0) is 20.6. The van der Waals surface area contributed by atoms with Gasteiger partial charge < -0.3 is 10.3 Å². The molecule has 3 aromatic rings. The van der Waals surface area contributed by atoms with Crippen LogP contribution in [0.3, 0.4) is 0 Å². The Balaban J connectivity index is 2.13. The topological polar surface area (TPSA) is 94.5 Å². The lowest BCUT2D eigenvalue weighted by atomic mass is 10.1. The van der Waals surface area contributed by atoms with Crippen molar-refractivity contribution in [3.05, 3.63) is 70.0 Å². The Morgan fingerprint density at radius 1 is 1.25 bits per heavy atom. The molecule has 2 aromatic heterocycles. The molecule has 0 spiro atoms. The van der Waals surface area contributed by atoms with Gasteiger partial charge in [0.25, 0.3) is 0 Å². The summed E-state index contributed by atoms with van der Waals surface area (Å²) in [6, 6.07) is 3.59. The van der Waals surface area contributed by atoms with Gasteiger partial charge in [0.1, 0.15) is 23.5 Å². The van der Waals surface area contributed by atoms with Gasteiger partial charge in [0.2, 0.25) is 0 Å². The maximum absolute atomic E-state index is 14.1. The largest absolute Gasteiger partial charge is 0.354 e. The quantitative estimate of drug-likeness (QED) is 0.559. The summed E-state index contributed by atoms with van der Waals surface area (Å²) in [5, 5.41) is 2.63. The molecule has 148 valence electrons. The third-order valence-electron chi connectivity index (χ3n) is 3.87. The molecular formula is C17H15ClF3N5OS. The van der Waals surface area contributed by atoms with Gasteiger partial charge in [-0.05, 0) is 24.6 Å². The Hall–Kier alpha value is -2.59. The molecule has 0 bridgehead atoms. The van der Waals surface area contributed by atoms with Crippen molar-refractivity contribution in [3.63, 3.8) is 0 Å². The Bertz CT molecular complexity index is 1150. The van der Waals surface area contributed by atoms with Crippen molar-refractivity contribution >= 4 is 27.1 Å². The first-order chi connectivity index (χ1) is 13.1. The van der Waals surface area contributed by atoms with Crippen LogP contribution in [0.25, 0.3) is 0 Å². The van der Waals surface area contributed by atoms with Gasteiger partial charge in [-0.3, -0.25) is 0 Å². The minimum atomic E-state index is -3.13. The van der Waals surface area contributed by atoms with E-state index in [2.05, 4.69) is 20.3 Å². The predicted octanol–water partition coefficient (Wildman–Crippen LogP) is 4.42. The summed E-state index contributed by atoms with van der Waals surface area (Å²) in [4.78, 5) is 10.8. The van der Waals surface area contributed by atoms with Gasteiger partial charge in [0.05, 0.1) is 20.9 Å². The van der Waals surface area contributed by atoms with Gasteiger partial charge >= 0.3 is 0 Å². The summed E-state index contributed by atoms with van der Waals surface area (Å²) >= 11 is 5.86. The van der Waals surface area contributed by atoms with E-state index < -0.39 is 33.2 Å². The summed E-state index contributed by atoms with van der Waals surface area (Å²) in [5.41, 5.74) is 0.787. The Kier molecular flexibility index (Phi) is 5.35. The van der Waals surface area contributed by atoms with Gasteiger partial charge in [-0.1, -0.05) is 17.7 Å². The van der Waals surface area contributed by atoms with E-state index in [-0.39, 0.29) is 21.7 Å². The maximum Gasteiger partial charge on any atom is 0.168 e. The normalized spacial score (nSPS) is 14.5. The van der Waals surface area contributed by atoms with Crippen LogP contribution in [0.2, 0.25) is 5.02 Å². The van der Waals surface area contributed by atoms with Crippen LogP contribution in [0.15, 0.2) is 35.5 Å². The second-order valence-corrected chi connectivity index (χ2v) is 8.61. The molecule has 0 aliphatic heterocycles. The van der Waals surface area contributed by atoms with Crippen LogP contribution in [0, 0.1) is 29.2 Å². The van der Waals surface area contributed by atoms with Crippen LogP contribution in [-0.4, -0.2) is 25.4 Å². The zero-order valence-corrected chi connectivity index (χ0v) is 16.3. The fourth-order valence-electron chi connectivity index (χ4n) is 2.64. The number of H-pyrrole nitrogens is 1. The molecule has 11 heteroatoms. The van der Waals surface area contributed by atoms with Gasteiger partial charge in [-0.2, -0.15) is 0 Å². The minimum Gasteiger partial charge on any atom is -0.354 e. The Morgan fingerprint density at radius 2 is 1.96 bits per heavy atom. The minimum absolute atomic E-state index is 0.0371. The molecule has 0 radical (unpaired) electrons. The summed E-state index contributed by atoms with van der Waals surface area (Å²) < 4.78 is 60.7. The first-order valence-electron chi connectivity index (χ1n) is 7.89. The van der Waals surface area contributed by atoms with E-state index in [0.29, 0.717) is 17.3 Å². The summed E-state index contributed by atoms with van der Waals surface area (Å²) in [6.45, 7) is 1.59. The van der Waals surface area contributed by atoms with Crippen molar-refractivity contribution in [3.8, 4) is 0 Å². The van der Waals surface area contributed by atoms with Crippen LogP contribution < -0.4 is 5.32 Å². The van der Waals surface area contributed by atoms with Gasteiger partial charge in [-0.25, -0.2) is 32.1 Å². The van der Waals surface area contributed by atoms with Gasteiger partial charge in [0, 0.05) is 18.0 Å². The SMILES string of the molecule is Cc1[nH]c(C(Nc2ncc(F)cc2F)c2ccc(F)c(Cl)c2)nc1S(C)(=N)=O.